The first kappa shape index (κ1) is 18.8. The lowest BCUT2D eigenvalue weighted by atomic mass is 9.99. The van der Waals surface area contributed by atoms with Crippen LogP contribution in [-0.2, 0) is 12.7 Å². The molecule has 0 fully saturated rings. The summed E-state index contributed by atoms with van der Waals surface area (Å²) in [6.07, 6.45) is -1.10. The highest BCUT2D eigenvalue weighted by Crippen LogP contribution is 2.39. The van der Waals surface area contributed by atoms with Crippen molar-refractivity contribution in [1.29, 1.82) is 0 Å². The van der Waals surface area contributed by atoms with Crippen molar-refractivity contribution < 1.29 is 18.3 Å². The molecule has 1 aromatic heterocycles. The Balaban J connectivity index is 2.09. The normalized spacial score (nSPS) is 12.7. The smallest absolute Gasteiger partial charge is 0.389 e. The van der Waals surface area contributed by atoms with Crippen molar-refractivity contribution in [3.8, 4) is 11.1 Å². The average Bonchev–Trinajstić information content (AvgIpc) is 2.94. The summed E-state index contributed by atoms with van der Waals surface area (Å²) in [7, 11) is 0. The van der Waals surface area contributed by atoms with Crippen LogP contribution >= 0.6 is 11.8 Å². The molecule has 0 spiro atoms. The number of hydrogen-bond donors (Lipinski definition) is 1. The van der Waals surface area contributed by atoms with Gasteiger partial charge in [-0.05, 0) is 55.5 Å². The molecule has 0 radical (unpaired) electrons. The monoisotopic (exact) mass is 380 g/mol. The molecule has 7 heteroatoms. The number of fused-ring (bicyclic) bond motifs is 1. The summed E-state index contributed by atoms with van der Waals surface area (Å²) >= 11 is 1.27. The average molecular weight is 380 g/mol. The Morgan fingerprint density at radius 3 is 2.46 bits per heavy atom. The van der Waals surface area contributed by atoms with Crippen LogP contribution in [0.2, 0.25) is 0 Å². The Hall–Kier alpha value is -1.99. The van der Waals surface area contributed by atoms with Crippen LogP contribution in [0.1, 0.15) is 19.4 Å². The number of halogens is 3. The molecular weight excluding hydrogens is 361 g/mol. The lowest BCUT2D eigenvalue weighted by Crippen LogP contribution is -2.25. The molecule has 0 aliphatic heterocycles. The van der Waals surface area contributed by atoms with E-state index in [-0.39, 0.29) is 5.56 Å². The summed E-state index contributed by atoms with van der Waals surface area (Å²) < 4.78 is 42.3. The fourth-order valence-corrected chi connectivity index (χ4v) is 3.35. The molecule has 3 nitrogen and oxygen atoms in total. The molecule has 0 aliphatic carbocycles. The zero-order valence-corrected chi connectivity index (χ0v) is 15.4. The number of aromatic nitrogens is 2. The summed E-state index contributed by atoms with van der Waals surface area (Å²) in [4.78, 5) is 4.85. The van der Waals surface area contributed by atoms with Gasteiger partial charge in [0.25, 0.3) is 0 Å². The van der Waals surface area contributed by atoms with Crippen molar-refractivity contribution in [2.24, 2.45) is 0 Å². The van der Waals surface area contributed by atoms with E-state index in [1.54, 1.807) is 55.3 Å². The fourth-order valence-electron chi connectivity index (χ4n) is 2.91. The van der Waals surface area contributed by atoms with Crippen molar-refractivity contribution in [1.82, 2.24) is 9.55 Å². The van der Waals surface area contributed by atoms with Crippen LogP contribution in [0, 0.1) is 0 Å². The van der Waals surface area contributed by atoms with Gasteiger partial charge in [-0.2, -0.15) is 13.2 Å². The molecular formula is C19H19F3N2OS. The highest BCUT2D eigenvalue weighted by atomic mass is 32.2. The van der Waals surface area contributed by atoms with Gasteiger partial charge in [-0.15, -0.1) is 11.8 Å². The minimum absolute atomic E-state index is 0.134. The van der Waals surface area contributed by atoms with Crippen LogP contribution in [-0.4, -0.2) is 26.5 Å². The van der Waals surface area contributed by atoms with Crippen LogP contribution in [0.3, 0.4) is 0 Å². The Morgan fingerprint density at radius 1 is 1.12 bits per heavy atom. The van der Waals surface area contributed by atoms with Crippen molar-refractivity contribution in [2.75, 3.05) is 6.26 Å². The largest absolute Gasteiger partial charge is 0.417 e. The number of rotatable bonds is 4. The van der Waals surface area contributed by atoms with Crippen LogP contribution in [0.15, 0.2) is 47.6 Å². The molecule has 2 aromatic carbocycles. The maximum absolute atomic E-state index is 13.5. The number of aliphatic hydroxyl groups is 1. The first-order valence-corrected chi connectivity index (χ1v) is 9.24. The van der Waals surface area contributed by atoms with Gasteiger partial charge in [0.05, 0.1) is 35.1 Å². The maximum Gasteiger partial charge on any atom is 0.417 e. The Labute approximate surface area is 153 Å². The summed E-state index contributed by atoms with van der Waals surface area (Å²) in [5, 5.41) is 9.98. The first-order valence-electron chi connectivity index (χ1n) is 8.01. The third-order valence-corrected chi connectivity index (χ3v) is 4.75. The molecule has 26 heavy (non-hydrogen) atoms. The minimum Gasteiger partial charge on any atom is -0.389 e. The van der Waals surface area contributed by atoms with E-state index in [4.69, 9.17) is 0 Å². The molecule has 138 valence electrons. The van der Waals surface area contributed by atoms with E-state index in [1.165, 1.54) is 23.9 Å². The molecule has 3 aromatic rings. The van der Waals surface area contributed by atoms with Gasteiger partial charge >= 0.3 is 6.18 Å². The van der Waals surface area contributed by atoms with Crippen LogP contribution in [0.4, 0.5) is 13.2 Å². The SMILES string of the molecule is CSc1ccc(-c2ccc3c(c2)ncn3CC(C)(C)O)c(C(F)(F)F)c1. The van der Waals surface area contributed by atoms with Crippen LogP contribution in [0.5, 0.6) is 0 Å². The van der Waals surface area contributed by atoms with E-state index in [2.05, 4.69) is 4.98 Å². The highest BCUT2D eigenvalue weighted by Gasteiger charge is 2.34. The summed E-state index contributed by atoms with van der Waals surface area (Å²) in [5.41, 5.74) is 0.391. The minimum atomic E-state index is -4.43. The van der Waals surface area contributed by atoms with E-state index in [0.29, 0.717) is 22.5 Å². The number of benzene rings is 2. The summed E-state index contributed by atoms with van der Waals surface area (Å²) in [6.45, 7) is 3.73. The van der Waals surface area contributed by atoms with Gasteiger partial charge in [-0.25, -0.2) is 4.98 Å². The molecule has 0 amide bonds. The number of imidazole rings is 1. The molecule has 0 bridgehead atoms. The van der Waals surface area contributed by atoms with Crippen molar-refractivity contribution in [2.45, 2.75) is 37.1 Å². The first-order chi connectivity index (χ1) is 12.1. The van der Waals surface area contributed by atoms with Crippen molar-refractivity contribution >= 4 is 22.8 Å². The standard InChI is InChI=1S/C19H19F3N2OS/c1-18(2,25)10-24-11-23-16-8-12(4-7-17(16)24)14-6-5-13(26-3)9-15(14)19(20,21)22/h4-9,11,25H,10H2,1-3H3. The van der Waals surface area contributed by atoms with Gasteiger partial charge in [0.15, 0.2) is 0 Å². The zero-order valence-electron chi connectivity index (χ0n) is 14.6. The Morgan fingerprint density at radius 2 is 1.85 bits per heavy atom. The third kappa shape index (κ3) is 3.88. The predicted octanol–water partition coefficient (Wildman–Crippen LogP) is 5.21. The molecule has 1 heterocycles. The highest BCUT2D eigenvalue weighted by molar-refractivity contribution is 7.98. The second-order valence-electron chi connectivity index (χ2n) is 6.80. The van der Waals surface area contributed by atoms with Gasteiger partial charge in [-0.1, -0.05) is 12.1 Å². The van der Waals surface area contributed by atoms with E-state index in [1.807, 2.05) is 0 Å². The lowest BCUT2D eigenvalue weighted by Gasteiger charge is -2.18. The lowest BCUT2D eigenvalue weighted by molar-refractivity contribution is -0.137. The fraction of sp³-hybridized carbons (Fsp3) is 0.316. The molecule has 0 aliphatic rings. The Bertz CT molecular complexity index is 942. The number of alkyl halides is 3. The third-order valence-electron chi connectivity index (χ3n) is 4.02. The quantitative estimate of drug-likeness (QED) is 0.631. The molecule has 0 saturated carbocycles. The zero-order chi connectivity index (χ0) is 19.1. The second-order valence-corrected chi connectivity index (χ2v) is 7.68. The molecule has 1 N–H and O–H groups in total. The van der Waals surface area contributed by atoms with E-state index in [0.717, 1.165) is 5.52 Å². The van der Waals surface area contributed by atoms with Crippen molar-refractivity contribution in [3.63, 3.8) is 0 Å². The summed E-state index contributed by atoms with van der Waals surface area (Å²) in [6, 6.07) is 9.42. The molecule has 0 saturated heterocycles. The molecule has 0 unspecified atom stereocenters. The van der Waals surface area contributed by atoms with Gasteiger partial charge in [0.1, 0.15) is 0 Å². The van der Waals surface area contributed by atoms with Gasteiger partial charge in [0, 0.05) is 4.90 Å². The summed E-state index contributed by atoms with van der Waals surface area (Å²) in [5.74, 6) is 0. The van der Waals surface area contributed by atoms with E-state index < -0.39 is 17.3 Å². The van der Waals surface area contributed by atoms with Crippen LogP contribution < -0.4 is 0 Å². The maximum atomic E-state index is 13.5. The van der Waals surface area contributed by atoms with Gasteiger partial charge in [-0.3, -0.25) is 0 Å². The van der Waals surface area contributed by atoms with Crippen molar-refractivity contribution in [3.05, 3.63) is 48.3 Å². The number of nitrogens with zero attached hydrogens (tertiary/aromatic N) is 2. The number of thioether (sulfide) groups is 1. The van der Waals surface area contributed by atoms with Gasteiger partial charge < -0.3 is 9.67 Å². The molecule has 0 atom stereocenters. The predicted molar refractivity (Wildman–Crippen MR) is 98.2 cm³/mol. The topological polar surface area (TPSA) is 38.0 Å². The van der Waals surface area contributed by atoms with E-state index in [9.17, 15) is 18.3 Å². The van der Waals surface area contributed by atoms with E-state index >= 15 is 0 Å². The van der Waals surface area contributed by atoms with Crippen LogP contribution in [0.25, 0.3) is 22.2 Å². The molecule has 3 rings (SSSR count). The van der Waals surface area contributed by atoms with Gasteiger partial charge in [0.2, 0.25) is 0 Å². The Kier molecular flexibility index (Phi) is 4.79. The second kappa shape index (κ2) is 6.63. The number of hydrogen-bond acceptors (Lipinski definition) is 3.